The number of likely N-dealkylation sites (N-methyl/N-ethyl adjacent to an activating group) is 1. The van der Waals surface area contributed by atoms with Crippen molar-refractivity contribution in [3.63, 3.8) is 0 Å². The number of rotatable bonds is 2. The van der Waals surface area contributed by atoms with Crippen LogP contribution in [-0.4, -0.2) is 30.2 Å². The molecule has 16 heavy (non-hydrogen) atoms. The average molecular weight is 228 g/mol. The van der Waals surface area contributed by atoms with Crippen LogP contribution in [-0.2, 0) is 9.53 Å². The van der Waals surface area contributed by atoms with E-state index in [1.165, 1.54) is 0 Å². The highest BCUT2D eigenvalue weighted by Crippen LogP contribution is 2.32. The van der Waals surface area contributed by atoms with Crippen LogP contribution in [0, 0.1) is 0 Å². The molecule has 5 nitrogen and oxygen atoms in total. The molecule has 92 valence electrons. The van der Waals surface area contributed by atoms with Gasteiger partial charge in [0.2, 0.25) is 5.91 Å². The fourth-order valence-electron chi connectivity index (χ4n) is 1.68. The Kier molecular flexibility index (Phi) is 3.45. The van der Waals surface area contributed by atoms with Crippen LogP contribution in [0.25, 0.3) is 0 Å². The first kappa shape index (κ1) is 12.8. The van der Waals surface area contributed by atoms with Crippen LogP contribution in [0.15, 0.2) is 0 Å². The molecule has 0 heterocycles. The van der Waals surface area contributed by atoms with Gasteiger partial charge in [-0.2, -0.15) is 0 Å². The maximum absolute atomic E-state index is 11.6. The number of amides is 2. The molecule has 1 rings (SSSR count). The summed E-state index contributed by atoms with van der Waals surface area (Å²) < 4.78 is 5.13. The highest BCUT2D eigenvalue weighted by molar-refractivity contribution is 5.90. The van der Waals surface area contributed by atoms with Gasteiger partial charge in [0.05, 0.1) is 0 Å². The molecule has 0 spiro atoms. The monoisotopic (exact) mass is 228 g/mol. The molecule has 1 fully saturated rings. The molecule has 0 aliphatic heterocycles. The number of alkyl carbamates (subject to hydrolysis) is 1. The van der Waals surface area contributed by atoms with Crippen LogP contribution >= 0.6 is 0 Å². The molecule has 1 saturated carbocycles. The third kappa shape index (κ3) is 2.87. The summed E-state index contributed by atoms with van der Waals surface area (Å²) in [6.45, 7) is 5.37. The summed E-state index contributed by atoms with van der Waals surface area (Å²) in [6, 6.07) is 0. The van der Waals surface area contributed by atoms with E-state index < -0.39 is 17.2 Å². The van der Waals surface area contributed by atoms with E-state index in [9.17, 15) is 9.59 Å². The Balaban J connectivity index is 2.58. The Morgan fingerprint density at radius 1 is 1.25 bits per heavy atom. The fraction of sp³-hybridized carbons (Fsp3) is 0.818. The molecule has 0 unspecified atom stereocenters. The maximum atomic E-state index is 11.6. The van der Waals surface area contributed by atoms with Gasteiger partial charge in [-0.05, 0) is 40.0 Å². The van der Waals surface area contributed by atoms with E-state index in [-0.39, 0.29) is 5.91 Å². The Bertz CT molecular complexity index is 290. The molecule has 0 saturated heterocycles. The number of carbonyl (C=O) groups is 2. The van der Waals surface area contributed by atoms with Crippen LogP contribution in [0.5, 0.6) is 0 Å². The molecule has 1 aliphatic rings. The van der Waals surface area contributed by atoms with Crippen molar-refractivity contribution in [3.8, 4) is 0 Å². The van der Waals surface area contributed by atoms with Gasteiger partial charge in [-0.1, -0.05) is 0 Å². The van der Waals surface area contributed by atoms with E-state index >= 15 is 0 Å². The van der Waals surface area contributed by atoms with Gasteiger partial charge < -0.3 is 15.4 Å². The summed E-state index contributed by atoms with van der Waals surface area (Å²) in [7, 11) is 1.57. The van der Waals surface area contributed by atoms with Crippen molar-refractivity contribution >= 4 is 12.0 Å². The van der Waals surface area contributed by atoms with Gasteiger partial charge in [-0.25, -0.2) is 4.79 Å². The summed E-state index contributed by atoms with van der Waals surface area (Å²) >= 11 is 0. The molecule has 0 aromatic rings. The Morgan fingerprint density at radius 3 is 2.12 bits per heavy atom. The van der Waals surface area contributed by atoms with E-state index in [1.807, 2.05) is 0 Å². The van der Waals surface area contributed by atoms with Crippen molar-refractivity contribution < 1.29 is 14.3 Å². The SMILES string of the molecule is CNC(=O)C1(NC(=O)OC(C)(C)C)CCC1. The standard InChI is InChI=1S/C11H20N2O3/c1-10(2,3)16-9(15)13-11(6-5-7-11)8(14)12-4/h5-7H2,1-4H3,(H,12,14)(H,13,15). The van der Waals surface area contributed by atoms with E-state index in [0.29, 0.717) is 12.8 Å². The van der Waals surface area contributed by atoms with Crippen molar-refractivity contribution in [1.29, 1.82) is 0 Å². The normalized spacial score (nSPS) is 18.2. The van der Waals surface area contributed by atoms with Crippen molar-refractivity contribution in [3.05, 3.63) is 0 Å². The lowest BCUT2D eigenvalue weighted by Gasteiger charge is -2.40. The highest BCUT2D eigenvalue weighted by atomic mass is 16.6. The van der Waals surface area contributed by atoms with Gasteiger partial charge >= 0.3 is 6.09 Å². The molecule has 0 aromatic heterocycles. The van der Waals surface area contributed by atoms with Crippen LogP contribution in [0.3, 0.4) is 0 Å². The second-order valence-electron chi connectivity index (χ2n) is 5.14. The molecule has 0 bridgehead atoms. The summed E-state index contributed by atoms with van der Waals surface area (Å²) in [6.07, 6.45) is 1.76. The van der Waals surface area contributed by atoms with Crippen LogP contribution < -0.4 is 10.6 Å². The zero-order valence-corrected chi connectivity index (χ0v) is 10.3. The molecule has 0 radical (unpaired) electrons. The van der Waals surface area contributed by atoms with Gasteiger partial charge in [-0.3, -0.25) is 4.79 Å². The summed E-state index contributed by atoms with van der Waals surface area (Å²) in [4.78, 5) is 23.2. The first-order chi connectivity index (χ1) is 7.29. The smallest absolute Gasteiger partial charge is 0.408 e. The van der Waals surface area contributed by atoms with Crippen LogP contribution in [0.1, 0.15) is 40.0 Å². The Morgan fingerprint density at radius 2 is 1.81 bits per heavy atom. The van der Waals surface area contributed by atoms with Crippen LogP contribution in [0.4, 0.5) is 4.79 Å². The predicted octanol–water partition coefficient (Wildman–Crippen LogP) is 1.18. The minimum atomic E-state index is -0.753. The van der Waals surface area contributed by atoms with Gasteiger partial charge in [0.15, 0.2) is 0 Å². The zero-order chi connectivity index (χ0) is 12.4. The summed E-state index contributed by atoms with van der Waals surface area (Å²) in [5, 5.41) is 5.23. The largest absolute Gasteiger partial charge is 0.444 e. The van der Waals surface area contributed by atoms with Crippen molar-refractivity contribution in [2.75, 3.05) is 7.05 Å². The van der Waals surface area contributed by atoms with Gasteiger partial charge in [0.25, 0.3) is 0 Å². The predicted molar refractivity (Wildman–Crippen MR) is 60.0 cm³/mol. The zero-order valence-electron chi connectivity index (χ0n) is 10.3. The van der Waals surface area contributed by atoms with E-state index in [0.717, 1.165) is 6.42 Å². The number of nitrogens with one attached hydrogen (secondary N) is 2. The van der Waals surface area contributed by atoms with E-state index in [4.69, 9.17) is 4.74 Å². The average Bonchev–Trinajstić information content (AvgIpc) is 2.07. The van der Waals surface area contributed by atoms with Gasteiger partial charge in [0.1, 0.15) is 11.1 Å². The lowest BCUT2D eigenvalue weighted by molar-refractivity contribution is -0.130. The van der Waals surface area contributed by atoms with Gasteiger partial charge in [0, 0.05) is 7.05 Å². The van der Waals surface area contributed by atoms with Gasteiger partial charge in [-0.15, -0.1) is 0 Å². The lowest BCUT2D eigenvalue weighted by atomic mass is 9.76. The fourth-order valence-corrected chi connectivity index (χ4v) is 1.68. The molecule has 1 aliphatic carbocycles. The minimum absolute atomic E-state index is 0.149. The Labute approximate surface area is 95.9 Å². The quantitative estimate of drug-likeness (QED) is 0.745. The number of hydrogen-bond acceptors (Lipinski definition) is 3. The topological polar surface area (TPSA) is 67.4 Å². The number of hydrogen-bond donors (Lipinski definition) is 2. The molecule has 0 atom stereocenters. The minimum Gasteiger partial charge on any atom is -0.444 e. The second-order valence-corrected chi connectivity index (χ2v) is 5.14. The number of ether oxygens (including phenoxy) is 1. The van der Waals surface area contributed by atoms with E-state index in [1.54, 1.807) is 27.8 Å². The highest BCUT2D eigenvalue weighted by Gasteiger charge is 2.45. The third-order valence-corrected chi connectivity index (χ3v) is 2.61. The third-order valence-electron chi connectivity index (χ3n) is 2.61. The first-order valence-corrected chi connectivity index (χ1v) is 5.52. The van der Waals surface area contributed by atoms with Crippen molar-refractivity contribution in [2.45, 2.75) is 51.2 Å². The van der Waals surface area contributed by atoms with Crippen molar-refractivity contribution in [1.82, 2.24) is 10.6 Å². The Hall–Kier alpha value is -1.26. The maximum Gasteiger partial charge on any atom is 0.408 e. The lowest BCUT2D eigenvalue weighted by Crippen LogP contribution is -2.62. The second kappa shape index (κ2) is 4.31. The molecule has 0 aromatic carbocycles. The molecular weight excluding hydrogens is 208 g/mol. The van der Waals surface area contributed by atoms with E-state index in [2.05, 4.69) is 10.6 Å². The molecular formula is C11H20N2O3. The summed E-state index contributed by atoms with van der Waals surface area (Å²) in [5.41, 5.74) is -1.30. The molecule has 2 amide bonds. The molecule has 2 N–H and O–H groups in total. The van der Waals surface area contributed by atoms with Crippen LogP contribution in [0.2, 0.25) is 0 Å². The number of carbonyl (C=O) groups excluding carboxylic acids is 2. The first-order valence-electron chi connectivity index (χ1n) is 5.52. The molecule has 5 heteroatoms. The summed E-state index contributed by atoms with van der Waals surface area (Å²) in [5.74, 6) is -0.149. The van der Waals surface area contributed by atoms with Crippen molar-refractivity contribution in [2.24, 2.45) is 0 Å².